The van der Waals surface area contributed by atoms with Gasteiger partial charge in [0.2, 0.25) is 0 Å². The van der Waals surface area contributed by atoms with Crippen LogP contribution in [-0.4, -0.2) is 47.3 Å². The molecule has 10 heteroatoms. The van der Waals surface area contributed by atoms with E-state index < -0.39 is 0 Å². The molecule has 8 nitrogen and oxygen atoms in total. The highest BCUT2D eigenvalue weighted by Gasteiger charge is 2.19. The van der Waals surface area contributed by atoms with Crippen molar-refractivity contribution in [2.24, 2.45) is 0 Å². The predicted octanol–water partition coefficient (Wildman–Crippen LogP) is 4.74. The Balaban J connectivity index is 1.48. The molecule has 3 aromatic rings. The molecule has 0 bridgehead atoms. The first-order valence-electron chi connectivity index (χ1n) is 9.66. The van der Waals surface area contributed by atoms with E-state index in [4.69, 9.17) is 21.3 Å². The quantitative estimate of drug-likeness (QED) is 0.394. The Morgan fingerprint density at radius 3 is 2.42 bits per heavy atom. The summed E-state index contributed by atoms with van der Waals surface area (Å²) in [6, 6.07) is 10.4. The van der Waals surface area contributed by atoms with Crippen molar-refractivity contribution in [1.82, 2.24) is 15.0 Å². The van der Waals surface area contributed by atoms with E-state index in [-0.39, 0.29) is 6.03 Å². The molecule has 0 unspecified atom stereocenters. The zero-order valence-corrected chi connectivity index (χ0v) is 19.1. The minimum absolute atomic E-state index is 0.360. The fourth-order valence-corrected chi connectivity index (χ4v) is 3.54. The maximum Gasteiger partial charge on any atom is 0.323 e. The van der Waals surface area contributed by atoms with Crippen LogP contribution in [0.3, 0.4) is 0 Å². The highest BCUT2D eigenvalue weighted by molar-refractivity contribution is 9.10. The number of nitrogens with one attached hydrogen (secondary N) is 2. The number of benzene rings is 1. The number of rotatable bonds is 4. The fraction of sp³-hybridized carbons (Fsp3) is 0.238. The largest absolute Gasteiger partial charge is 0.378 e. The molecule has 1 aliphatic rings. The molecule has 3 heterocycles. The number of aromatic nitrogens is 3. The van der Waals surface area contributed by atoms with Gasteiger partial charge in [0.05, 0.1) is 25.1 Å². The SMILES string of the molecule is Cc1c(Cl)nc(-c2ccc(NC(=O)Nc3ccc(Br)nc3)cc2)nc1N1CCOCC1. The van der Waals surface area contributed by atoms with E-state index in [1.54, 1.807) is 30.5 Å². The summed E-state index contributed by atoms with van der Waals surface area (Å²) < 4.78 is 6.13. The topological polar surface area (TPSA) is 92.3 Å². The van der Waals surface area contributed by atoms with Crippen LogP contribution in [0, 0.1) is 6.92 Å². The molecule has 0 atom stereocenters. The lowest BCUT2D eigenvalue weighted by Crippen LogP contribution is -2.37. The highest BCUT2D eigenvalue weighted by atomic mass is 79.9. The average Bonchev–Trinajstić information content (AvgIpc) is 2.78. The van der Waals surface area contributed by atoms with Gasteiger partial charge in [-0.15, -0.1) is 0 Å². The summed E-state index contributed by atoms with van der Waals surface area (Å²) in [7, 11) is 0. The molecular formula is C21H20BrClN6O2. The number of pyridine rings is 1. The van der Waals surface area contributed by atoms with Crippen LogP contribution in [0.4, 0.5) is 22.0 Å². The normalized spacial score (nSPS) is 13.7. The van der Waals surface area contributed by atoms with E-state index in [1.165, 1.54) is 0 Å². The molecule has 0 saturated carbocycles. The van der Waals surface area contributed by atoms with Crippen molar-refractivity contribution in [2.45, 2.75) is 6.92 Å². The molecule has 1 aliphatic heterocycles. The van der Waals surface area contributed by atoms with Gasteiger partial charge in [0.15, 0.2) is 5.82 Å². The van der Waals surface area contributed by atoms with E-state index in [1.807, 2.05) is 19.1 Å². The zero-order chi connectivity index (χ0) is 21.8. The summed E-state index contributed by atoms with van der Waals surface area (Å²) in [6.07, 6.45) is 1.57. The second kappa shape index (κ2) is 9.59. The van der Waals surface area contributed by atoms with Crippen LogP contribution in [0.5, 0.6) is 0 Å². The molecular weight excluding hydrogens is 484 g/mol. The molecule has 1 saturated heterocycles. The number of urea groups is 1. The molecule has 31 heavy (non-hydrogen) atoms. The van der Waals surface area contributed by atoms with E-state index in [2.05, 4.69) is 41.4 Å². The smallest absolute Gasteiger partial charge is 0.323 e. The van der Waals surface area contributed by atoms with Crippen LogP contribution in [0.2, 0.25) is 5.15 Å². The molecule has 2 aromatic heterocycles. The predicted molar refractivity (Wildman–Crippen MR) is 125 cm³/mol. The van der Waals surface area contributed by atoms with Gasteiger partial charge in [-0.3, -0.25) is 0 Å². The minimum Gasteiger partial charge on any atom is -0.378 e. The van der Waals surface area contributed by atoms with Crippen LogP contribution in [-0.2, 0) is 4.74 Å². The lowest BCUT2D eigenvalue weighted by molar-refractivity contribution is 0.122. The number of hydrogen-bond donors (Lipinski definition) is 2. The standard InChI is InChI=1S/C21H20BrClN6O2/c1-13-18(23)27-19(28-20(13)29-8-10-31-11-9-29)14-2-4-15(5-3-14)25-21(30)26-16-6-7-17(22)24-12-16/h2-7,12H,8-11H2,1H3,(H2,25,26,30). The molecule has 1 aromatic carbocycles. The molecule has 1 fully saturated rings. The van der Waals surface area contributed by atoms with Crippen molar-refractivity contribution in [2.75, 3.05) is 41.8 Å². The molecule has 0 spiro atoms. The molecule has 2 N–H and O–H groups in total. The Morgan fingerprint density at radius 1 is 1.06 bits per heavy atom. The summed E-state index contributed by atoms with van der Waals surface area (Å²) in [4.78, 5) is 27.6. The Hall–Kier alpha value is -2.75. The first-order valence-corrected chi connectivity index (χ1v) is 10.8. The van der Waals surface area contributed by atoms with Crippen molar-refractivity contribution >= 4 is 50.8 Å². The lowest BCUT2D eigenvalue weighted by Gasteiger charge is -2.29. The highest BCUT2D eigenvalue weighted by Crippen LogP contribution is 2.28. The number of carbonyl (C=O) groups excluding carboxylic acids is 1. The Bertz CT molecular complexity index is 1070. The molecule has 160 valence electrons. The maximum absolute atomic E-state index is 12.2. The number of ether oxygens (including phenoxy) is 1. The third-order valence-corrected chi connectivity index (χ3v) is 5.59. The first kappa shape index (κ1) is 21.5. The summed E-state index contributed by atoms with van der Waals surface area (Å²) >= 11 is 9.65. The summed E-state index contributed by atoms with van der Waals surface area (Å²) in [5.41, 5.74) is 2.89. The fourth-order valence-electron chi connectivity index (χ4n) is 3.14. The van der Waals surface area contributed by atoms with Gasteiger partial charge in [-0.2, -0.15) is 0 Å². The number of amides is 2. The number of nitrogens with zero attached hydrogens (tertiary/aromatic N) is 4. The summed E-state index contributed by atoms with van der Waals surface area (Å²) in [6.45, 7) is 4.77. The number of carbonyl (C=O) groups is 1. The number of morpholine rings is 1. The second-order valence-electron chi connectivity index (χ2n) is 6.91. The first-order chi connectivity index (χ1) is 15.0. The van der Waals surface area contributed by atoms with Crippen molar-refractivity contribution in [3.8, 4) is 11.4 Å². The van der Waals surface area contributed by atoms with Crippen molar-refractivity contribution in [3.63, 3.8) is 0 Å². The maximum atomic E-state index is 12.2. The van der Waals surface area contributed by atoms with Gasteiger partial charge in [0.1, 0.15) is 15.6 Å². The van der Waals surface area contributed by atoms with Crippen molar-refractivity contribution in [3.05, 3.63) is 57.9 Å². The van der Waals surface area contributed by atoms with Gasteiger partial charge in [-0.05, 0) is 59.3 Å². The van der Waals surface area contributed by atoms with Gasteiger partial charge < -0.3 is 20.3 Å². The second-order valence-corrected chi connectivity index (χ2v) is 8.08. The Morgan fingerprint density at radius 2 is 1.74 bits per heavy atom. The van der Waals surface area contributed by atoms with Gasteiger partial charge in [-0.1, -0.05) is 11.6 Å². The van der Waals surface area contributed by atoms with Crippen LogP contribution >= 0.6 is 27.5 Å². The Labute approximate surface area is 193 Å². The third kappa shape index (κ3) is 5.30. The van der Waals surface area contributed by atoms with E-state index in [0.717, 1.165) is 30.0 Å². The molecule has 0 aliphatic carbocycles. The van der Waals surface area contributed by atoms with E-state index >= 15 is 0 Å². The summed E-state index contributed by atoms with van der Waals surface area (Å²) in [5, 5.41) is 5.95. The Kier molecular flexibility index (Phi) is 6.64. The van der Waals surface area contributed by atoms with Crippen LogP contribution in [0.15, 0.2) is 47.2 Å². The van der Waals surface area contributed by atoms with Crippen molar-refractivity contribution in [1.29, 1.82) is 0 Å². The van der Waals surface area contributed by atoms with E-state index in [9.17, 15) is 4.79 Å². The number of anilines is 3. The van der Waals surface area contributed by atoms with Gasteiger partial charge >= 0.3 is 6.03 Å². The molecule has 2 amide bonds. The molecule has 4 rings (SSSR count). The van der Waals surface area contributed by atoms with Crippen LogP contribution in [0.25, 0.3) is 11.4 Å². The zero-order valence-electron chi connectivity index (χ0n) is 16.7. The minimum atomic E-state index is -0.360. The summed E-state index contributed by atoms with van der Waals surface area (Å²) in [5.74, 6) is 1.36. The van der Waals surface area contributed by atoms with Gasteiger partial charge in [-0.25, -0.2) is 19.7 Å². The van der Waals surface area contributed by atoms with E-state index in [0.29, 0.717) is 40.2 Å². The van der Waals surface area contributed by atoms with Gasteiger partial charge in [0, 0.05) is 29.9 Å². The van der Waals surface area contributed by atoms with Crippen molar-refractivity contribution < 1.29 is 9.53 Å². The van der Waals surface area contributed by atoms with Crippen LogP contribution in [0.1, 0.15) is 5.56 Å². The number of halogens is 2. The number of hydrogen-bond acceptors (Lipinski definition) is 6. The monoisotopic (exact) mass is 502 g/mol. The third-order valence-electron chi connectivity index (χ3n) is 4.76. The average molecular weight is 504 g/mol. The lowest BCUT2D eigenvalue weighted by atomic mass is 10.2. The molecule has 0 radical (unpaired) electrons. The van der Waals surface area contributed by atoms with Crippen LogP contribution < -0.4 is 15.5 Å². The van der Waals surface area contributed by atoms with Gasteiger partial charge in [0.25, 0.3) is 0 Å².